The van der Waals surface area contributed by atoms with Crippen LogP contribution in [0.5, 0.6) is 0 Å². The van der Waals surface area contributed by atoms with Crippen molar-refractivity contribution in [1.29, 1.82) is 0 Å². The summed E-state index contributed by atoms with van der Waals surface area (Å²) in [5.74, 6) is -1.21. The van der Waals surface area contributed by atoms with E-state index in [9.17, 15) is 18.9 Å². The van der Waals surface area contributed by atoms with Crippen LogP contribution >= 0.6 is 20.2 Å². The van der Waals surface area contributed by atoms with Crippen molar-refractivity contribution in [3.63, 3.8) is 0 Å². The normalized spacial score (nSPS) is 7.05. The molecule has 2 N–H and O–H groups in total. The summed E-state index contributed by atoms with van der Waals surface area (Å²) in [7, 11) is -4.94. The zero-order chi connectivity index (χ0) is 11.4. The first-order valence-electron chi connectivity index (χ1n) is 2.90. The topological polar surface area (TPSA) is 136 Å². The van der Waals surface area contributed by atoms with Gasteiger partial charge in [0, 0.05) is 6.92 Å². The number of carbonyl (C=O) groups is 3. The van der Waals surface area contributed by atoms with Crippen molar-refractivity contribution >= 4 is 38.5 Å². The Labute approximate surface area is 238 Å². The van der Waals surface area contributed by atoms with Crippen molar-refractivity contribution in [1.82, 2.24) is 0 Å². The summed E-state index contributed by atoms with van der Waals surface area (Å²) in [5, 5.41) is 16.0. The number of carbonyl (C=O) groups excluding carboxylic acids is 1. The fraction of sp³-hybridized carbons (Fsp3) is 0.250. The summed E-state index contributed by atoms with van der Waals surface area (Å²) in [5.41, 5.74) is 0. The number of phosphoric acid groups is 1. The first kappa shape index (κ1) is 43.7. The van der Waals surface area contributed by atoms with Crippen LogP contribution in [0.1, 0.15) is 14.1 Å². The Morgan fingerprint density at radius 2 is 1.10 bits per heavy atom. The van der Waals surface area contributed by atoms with Crippen molar-refractivity contribution in [2.75, 3.05) is 0 Å². The number of halogens is 1. The van der Waals surface area contributed by atoms with Crippen molar-refractivity contribution < 1.29 is 198 Å². The van der Waals surface area contributed by atoms with Gasteiger partial charge in [0.1, 0.15) is 0 Å². The molecule has 16 heteroatoms. The van der Waals surface area contributed by atoms with Gasteiger partial charge in [-0.15, -0.1) is 12.4 Å². The third kappa shape index (κ3) is 26.4. The summed E-state index contributed by atoms with van der Waals surface area (Å²) < 4.78 is 21.7. The number of phosphoric ester groups is 1. The average Bonchev–Trinajstić information content (AvgIpc) is 1.76. The Morgan fingerprint density at radius 1 is 0.850 bits per heavy atom. The van der Waals surface area contributed by atoms with E-state index in [1.807, 2.05) is 0 Å². The van der Waals surface area contributed by atoms with Crippen molar-refractivity contribution in [3.8, 4) is 0 Å². The monoisotopic (exact) mass is 384 g/mol. The van der Waals surface area contributed by atoms with E-state index in [4.69, 9.17) is 10.2 Å². The van der Waals surface area contributed by atoms with Gasteiger partial charge in [0.2, 0.25) is 0 Å². The molecular formula is C4H11ClNa5O9P. The Bertz CT molecular complexity index is 298. The maximum Gasteiger partial charge on any atom is 1.00 e. The van der Waals surface area contributed by atoms with Gasteiger partial charge >= 0.3 is 174 Å². The molecule has 0 saturated carbocycles. The summed E-state index contributed by atoms with van der Waals surface area (Å²) in [6.07, 6.45) is -4.20. The fourth-order valence-corrected chi connectivity index (χ4v) is 1.21. The Hall–Kier alpha value is 3.53. The van der Waals surface area contributed by atoms with Gasteiger partial charge in [0.15, 0.2) is 0 Å². The van der Waals surface area contributed by atoms with Gasteiger partial charge in [-0.1, -0.05) is 0 Å². The molecule has 0 aromatic rings. The second-order valence-corrected chi connectivity index (χ2v) is 3.19. The van der Waals surface area contributed by atoms with Gasteiger partial charge in [-0.05, 0) is 0 Å². The third-order valence-corrected chi connectivity index (χ3v) is 1.86. The van der Waals surface area contributed by atoms with E-state index in [-0.39, 0.29) is 167 Å². The molecule has 0 aliphatic heterocycles. The predicted molar refractivity (Wildman–Crippen MR) is 50.4 cm³/mol. The van der Waals surface area contributed by atoms with Gasteiger partial charge in [-0.2, -0.15) is 4.57 Å². The molecule has 0 fully saturated rings. The minimum absolute atomic E-state index is 0. The molecule has 9 nitrogen and oxygen atoms in total. The summed E-state index contributed by atoms with van der Waals surface area (Å²) in [6, 6.07) is 0. The smallest absolute Gasteiger partial charge is 1.00 e. The van der Waals surface area contributed by atoms with E-state index in [1.165, 1.54) is 0 Å². The van der Waals surface area contributed by atoms with Crippen molar-refractivity contribution in [2.24, 2.45) is 0 Å². The molecule has 0 spiro atoms. The van der Waals surface area contributed by atoms with Gasteiger partial charge in [-0.3, -0.25) is 4.79 Å². The first-order chi connectivity index (χ1) is 6.25. The van der Waals surface area contributed by atoms with Crippen LogP contribution in [0.25, 0.3) is 0 Å². The Kier molecular flexibility index (Phi) is 49.2. The molecule has 0 atom stereocenters. The summed E-state index contributed by atoms with van der Waals surface area (Å²) >= 11 is 0. The maximum atomic E-state index is 11.0. The zero-order valence-electron chi connectivity index (χ0n) is 17.1. The third-order valence-electron chi connectivity index (χ3n) is 0.620. The van der Waals surface area contributed by atoms with E-state index >= 15 is 0 Å². The minimum atomic E-state index is -4.94. The molecule has 0 aliphatic carbocycles. The number of rotatable bonds is 3. The molecule has 0 aromatic heterocycles. The molecule has 0 heterocycles. The molecule has 20 heavy (non-hydrogen) atoms. The van der Waals surface area contributed by atoms with Crippen LogP contribution in [0.2, 0.25) is 0 Å². The molecule has 0 aliphatic rings. The van der Waals surface area contributed by atoms with E-state index < -0.39 is 26.1 Å². The molecule has 0 saturated heterocycles. The second kappa shape index (κ2) is 22.5. The molecule has 0 aromatic carbocycles. The van der Waals surface area contributed by atoms with Crippen molar-refractivity contribution in [2.45, 2.75) is 6.92 Å². The first-order valence-corrected chi connectivity index (χ1v) is 4.36. The van der Waals surface area contributed by atoms with Crippen molar-refractivity contribution in [3.05, 3.63) is 0 Å². The Balaban J connectivity index is -0.0000000154. The number of hydrogen-bond acceptors (Lipinski definition) is 7. The predicted octanol–water partition coefficient (Wildman–Crippen LogP) is -12.9. The zero-order valence-corrected chi connectivity index (χ0v) is 23.8. The van der Waals surface area contributed by atoms with E-state index in [2.05, 4.69) is 13.6 Å². The van der Waals surface area contributed by atoms with Crippen LogP contribution in [0.3, 0.4) is 0 Å². The fourth-order valence-electron chi connectivity index (χ4n) is 0.405. The SMILES string of the molecule is CC(=O)OP(=O)(OC(=O)O)OC(=O)O.Cl.[H-].[H-].[H-].[H-].[H-].[Na+].[Na+].[Na+].[Na+].[Na+]. The van der Waals surface area contributed by atoms with E-state index in [0.717, 1.165) is 6.92 Å². The minimum Gasteiger partial charge on any atom is -1.00 e. The molecule has 0 rings (SSSR count). The van der Waals surface area contributed by atoms with Gasteiger partial charge < -0.3 is 30.9 Å². The summed E-state index contributed by atoms with van der Waals surface area (Å²) in [6.45, 7) is 0.767. The average molecular weight is 384 g/mol. The van der Waals surface area contributed by atoms with Gasteiger partial charge in [-0.25, -0.2) is 9.59 Å². The second-order valence-electron chi connectivity index (χ2n) is 1.74. The standard InChI is InChI=1S/C4H5O9P.ClH.5Na.5H/c1-2(5)11-14(10,12-3(6)7)13-4(8)9;;;;;;;;;;;/h1H3,(H,6,7)(H,8,9);1H;;;;;;;;;;/q;;5*+1;5*-1. The van der Waals surface area contributed by atoms with Crippen LogP contribution in [-0.2, 0) is 22.9 Å². The van der Waals surface area contributed by atoms with Crippen LogP contribution < -0.4 is 148 Å². The van der Waals surface area contributed by atoms with Crippen LogP contribution in [-0.4, -0.2) is 28.5 Å². The van der Waals surface area contributed by atoms with E-state index in [1.54, 1.807) is 0 Å². The van der Waals surface area contributed by atoms with Gasteiger partial charge in [0.25, 0.3) is 0 Å². The van der Waals surface area contributed by atoms with Crippen LogP contribution in [0.4, 0.5) is 9.59 Å². The molecule has 0 unspecified atom stereocenters. The van der Waals surface area contributed by atoms with E-state index in [0.29, 0.717) is 0 Å². The van der Waals surface area contributed by atoms with Gasteiger partial charge in [0.05, 0.1) is 0 Å². The Morgan fingerprint density at radius 3 is 1.25 bits per heavy atom. The van der Waals surface area contributed by atoms with Crippen LogP contribution in [0.15, 0.2) is 0 Å². The number of hydrogen-bond donors (Lipinski definition) is 2. The largest absolute Gasteiger partial charge is 1.00 e. The number of carboxylic acid groups (broad SMARTS) is 2. The van der Waals surface area contributed by atoms with Crippen LogP contribution in [0, 0.1) is 0 Å². The molecular weight excluding hydrogens is 373 g/mol. The molecule has 0 radical (unpaired) electrons. The molecule has 0 amide bonds. The maximum absolute atomic E-state index is 11.0. The summed E-state index contributed by atoms with van der Waals surface area (Å²) in [4.78, 5) is 30.1. The molecule has 0 bridgehead atoms. The molecule has 98 valence electrons. The quantitative estimate of drug-likeness (QED) is 0.359.